The van der Waals surface area contributed by atoms with Gasteiger partial charge in [0.25, 0.3) is 0 Å². The van der Waals surface area contributed by atoms with Gasteiger partial charge in [-0.3, -0.25) is 0 Å². The molecule has 0 aliphatic heterocycles. The average molecular weight is 347 g/mol. The van der Waals surface area contributed by atoms with Gasteiger partial charge in [-0.05, 0) is 44.9 Å². The van der Waals surface area contributed by atoms with Crippen LogP contribution in [0.3, 0.4) is 0 Å². The van der Waals surface area contributed by atoms with Crippen LogP contribution in [-0.4, -0.2) is 25.3 Å². The standard InChI is InChI=1S/C15H26NO4PS/c17-15(20-14-10-6-2-1-3-7-11-14)16-12-8-4-5-9-13-19-21(18)22/h1-2,14H,3-13H2,(H,16,17)/b2-1+. The van der Waals surface area contributed by atoms with E-state index < -0.39 is 7.23 Å². The highest BCUT2D eigenvalue weighted by Gasteiger charge is 2.14. The monoisotopic (exact) mass is 347 g/mol. The highest BCUT2D eigenvalue weighted by atomic mass is 32.7. The number of nitrogens with one attached hydrogen (secondary N) is 1. The summed E-state index contributed by atoms with van der Waals surface area (Å²) in [7, 11) is -1.89. The lowest BCUT2D eigenvalue weighted by Gasteiger charge is -2.18. The second-order valence-corrected chi connectivity index (χ2v) is 7.00. The molecule has 7 heteroatoms. The van der Waals surface area contributed by atoms with Crippen LogP contribution in [0.5, 0.6) is 0 Å². The lowest BCUT2D eigenvalue weighted by Crippen LogP contribution is -2.30. The summed E-state index contributed by atoms with van der Waals surface area (Å²) in [6, 6.07) is 0. The molecule has 0 aromatic carbocycles. The molecule has 0 saturated carbocycles. The largest absolute Gasteiger partial charge is 0.446 e. The molecule has 2 atom stereocenters. The van der Waals surface area contributed by atoms with E-state index in [-0.39, 0.29) is 12.2 Å². The third kappa shape index (κ3) is 11.0. The summed E-state index contributed by atoms with van der Waals surface area (Å²) in [5, 5.41) is 2.80. The maximum Gasteiger partial charge on any atom is 0.407 e. The van der Waals surface area contributed by atoms with Crippen LogP contribution in [0.4, 0.5) is 4.79 Å². The first kappa shape index (κ1) is 19.5. The average Bonchev–Trinajstić information content (AvgIpc) is 2.44. The molecule has 1 N–H and O–H groups in total. The molecule has 22 heavy (non-hydrogen) atoms. The molecule has 2 unspecified atom stereocenters. The highest BCUT2D eigenvalue weighted by molar-refractivity contribution is 8.25. The number of rotatable bonds is 9. The molecule has 126 valence electrons. The molecule has 0 saturated heterocycles. The van der Waals surface area contributed by atoms with Gasteiger partial charge < -0.3 is 22.3 Å². The molecule has 0 fully saturated rings. The van der Waals surface area contributed by atoms with Crippen molar-refractivity contribution in [2.24, 2.45) is 0 Å². The Hall–Kier alpha value is -0.580. The minimum absolute atomic E-state index is 0.0440. The van der Waals surface area contributed by atoms with Crippen molar-refractivity contribution >= 4 is 25.6 Å². The van der Waals surface area contributed by atoms with Crippen molar-refractivity contribution in [1.82, 2.24) is 5.32 Å². The first-order chi connectivity index (χ1) is 10.7. The predicted octanol–water partition coefficient (Wildman–Crippen LogP) is 4.38. The Morgan fingerprint density at radius 3 is 2.77 bits per heavy atom. The summed E-state index contributed by atoms with van der Waals surface area (Å²) in [6.07, 6.45) is 12.8. The second-order valence-electron chi connectivity index (χ2n) is 5.40. The van der Waals surface area contributed by atoms with Crippen molar-refractivity contribution in [1.29, 1.82) is 0 Å². The quantitative estimate of drug-likeness (QED) is 0.290. The van der Waals surface area contributed by atoms with Crippen LogP contribution in [0.25, 0.3) is 0 Å². The van der Waals surface area contributed by atoms with E-state index in [1.807, 2.05) is 0 Å². The summed E-state index contributed by atoms with van der Waals surface area (Å²) in [4.78, 5) is 11.7. The van der Waals surface area contributed by atoms with Crippen molar-refractivity contribution in [3.8, 4) is 0 Å². The Kier molecular flexibility index (Phi) is 11.4. The zero-order valence-electron chi connectivity index (χ0n) is 13.0. The number of hydrogen-bond acceptors (Lipinski definition) is 5. The normalized spacial score (nSPS) is 20.6. The van der Waals surface area contributed by atoms with Gasteiger partial charge in [-0.15, -0.1) is 0 Å². The maximum atomic E-state index is 11.7. The first-order valence-corrected chi connectivity index (χ1v) is 10.2. The third-order valence-electron chi connectivity index (χ3n) is 3.53. The molecular weight excluding hydrogens is 321 g/mol. The van der Waals surface area contributed by atoms with Gasteiger partial charge in [-0.2, -0.15) is 4.52 Å². The van der Waals surface area contributed by atoms with Crippen LogP contribution in [0, 0.1) is 0 Å². The van der Waals surface area contributed by atoms with Crippen LogP contribution in [-0.2, 0) is 26.1 Å². The molecule has 1 rings (SSSR count). The van der Waals surface area contributed by atoms with Crippen molar-refractivity contribution in [2.45, 2.75) is 63.9 Å². The molecule has 1 amide bonds. The number of alkyl carbamates (subject to hydrolysis) is 1. The molecular formula is C15H26NO4PS. The first-order valence-electron chi connectivity index (χ1n) is 8.05. The number of carbonyl (C=O) groups excluding carboxylic acids is 1. The molecule has 0 spiro atoms. The van der Waals surface area contributed by atoms with Gasteiger partial charge in [0.2, 0.25) is 0 Å². The Bertz CT molecular complexity index is 365. The predicted molar refractivity (Wildman–Crippen MR) is 89.9 cm³/mol. The summed E-state index contributed by atoms with van der Waals surface area (Å²) >= 11 is 4.43. The van der Waals surface area contributed by atoms with Crippen LogP contribution in [0.2, 0.25) is 0 Å². The van der Waals surface area contributed by atoms with Gasteiger partial charge in [0, 0.05) is 6.54 Å². The summed E-state index contributed by atoms with van der Waals surface area (Å²) < 4.78 is 20.8. The molecule has 1 aliphatic carbocycles. The molecule has 0 aromatic rings. The van der Waals surface area contributed by atoms with E-state index in [0.29, 0.717) is 13.2 Å². The number of allylic oxidation sites excluding steroid dienone is 2. The van der Waals surface area contributed by atoms with Gasteiger partial charge in [0.15, 0.2) is 0 Å². The van der Waals surface area contributed by atoms with Crippen LogP contribution in [0.1, 0.15) is 57.8 Å². The summed E-state index contributed by atoms with van der Waals surface area (Å²) in [6.45, 7) is 1.08. The fourth-order valence-electron chi connectivity index (χ4n) is 2.35. The SMILES string of the molecule is O=C(NCCCCCCO[P+](=O)[S-])OC1CC/C=C/CCC1. The highest BCUT2D eigenvalue weighted by Crippen LogP contribution is 2.18. The minimum Gasteiger partial charge on any atom is -0.446 e. The Balaban J connectivity index is 1.96. The van der Waals surface area contributed by atoms with E-state index in [9.17, 15) is 9.36 Å². The number of carbonyl (C=O) groups is 1. The molecule has 0 bridgehead atoms. The topological polar surface area (TPSA) is 64.6 Å². The van der Waals surface area contributed by atoms with E-state index in [4.69, 9.17) is 9.26 Å². The molecule has 5 nitrogen and oxygen atoms in total. The number of hydrogen-bond donors (Lipinski definition) is 1. The lowest BCUT2D eigenvalue weighted by molar-refractivity contribution is 0.0863. The minimum atomic E-state index is -1.89. The third-order valence-corrected chi connectivity index (χ3v) is 4.24. The number of amides is 1. The molecule has 0 heterocycles. The van der Waals surface area contributed by atoms with Crippen molar-refractivity contribution in [3.05, 3.63) is 12.2 Å². The van der Waals surface area contributed by atoms with Crippen molar-refractivity contribution in [3.63, 3.8) is 0 Å². The van der Waals surface area contributed by atoms with Crippen molar-refractivity contribution < 1.29 is 18.6 Å². The maximum absolute atomic E-state index is 11.7. The Labute approximate surface area is 139 Å². The zero-order valence-corrected chi connectivity index (χ0v) is 14.7. The van der Waals surface area contributed by atoms with Gasteiger partial charge in [-0.25, -0.2) is 4.79 Å². The van der Waals surface area contributed by atoms with E-state index in [1.165, 1.54) is 0 Å². The van der Waals surface area contributed by atoms with Crippen LogP contribution in [0.15, 0.2) is 12.2 Å². The Morgan fingerprint density at radius 1 is 1.18 bits per heavy atom. The Morgan fingerprint density at radius 2 is 1.95 bits per heavy atom. The van der Waals surface area contributed by atoms with E-state index in [2.05, 4.69) is 29.7 Å². The van der Waals surface area contributed by atoms with E-state index in [1.54, 1.807) is 0 Å². The second kappa shape index (κ2) is 12.9. The van der Waals surface area contributed by atoms with Crippen molar-refractivity contribution in [2.75, 3.05) is 13.2 Å². The fraction of sp³-hybridized carbons (Fsp3) is 0.800. The number of unbranched alkanes of at least 4 members (excludes halogenated alkanes) is 3. The molecule has 1 aliphatic rings. The summed E-state index contributed by atoms with van der Waals surface area (Å²) in [5.41, 5.74) is 0. The van der Waals surface area contributed by atoms with Gasteiger partial charge in [0.05, 0.1) is 0 Å². The van der Waals surface area contributed by atoms with E-state index in [0.717, 1.165) is 57.8 Å². The smallest absolute Gasteiger partial charge is 0.407 e. The van der Waals surface area contributed by atoms with Gasteiger partial charge >= 0.3 is 13.3 Å². The number of ether oxygens (including phenoxy) is 1. The zero-order chi connectivity index (χ0) is 16.0. The summed E-state index contributed by atoms with van der Waals surface area (Å²) in [5.74, 6) is 0. The molecule has 0 aromatic heterocycles. The van der Waals surface area contributed by atoms with Gasteiger partial charge in [0.1, 0.15) is 12.7 Å². The lowest BCUT2D eigenvalue weighted by atomic mass is 10.0. The van der Waals surface area contributed by atoms with E-state index >= 15 is 0 Å². The van der Waals surface area contributed by atoms with Crippen LogP contribution < -0.4 is 5.32 Å². The fourth-order valence-corrected chi connectivity index (χ4v) is 2.85. The molecule has 0 radical (unpaired) electrons. The van der Waals surface area contributed by atoms with Gasteiger partial charge in [-0.1, -0.05) is 29.6 Å². The van der Waals surface area contributed by atoms with Crippen LogP contribution >= 0.6 is 7.23 Å².